The standard InChI is InChI=1S/C30H40N9O16P3S3/c1-14-7-37(29(42)35-27(14)40)21-4-3-16(51-21)9-49-57(46,60)54-18-6-23(39-13-34-24-25(31)32-12-33-26(24)39)53-20(18)11-50-58(47,61)55-17-5-22(52-19(17)10-48-56(44,45)59)38-8-15(2)28(41)36-30(38)43/h7-8,12-13,16-23H,3-6,9-11H2,1-2H3,(H,46,60)(H,47,61)(H2,31,32,33)(H,35,40,42)(H,36,41,43)(H2,44,45,59)/t16-,17-,18-,19+,20+,21+,22+,23+,57?,58?/m0/s1. The van der Waals surface area contributed by atoms with E-state index in [1.807, 2.05) is 0 Å². The van der Waals surface area contributed by atoms with Crippen molar-refractivity contribution in [1.29, 1.82) is 0 Å². The number of nitrogen functional groups attached to an aromatic ring is 1. The van der Waals surface area contributed by atoms with E-state index in [2.05, 4.69) is 61.7 Å². The van der Waals surface area contributed by atoms with Crippen LogP contribution in [0, 0.1) is 13.8 Å². The molecule has 0 aliphatic carbocycles. The van der Waals surface area contributed by atoms with E-state index in [-0.39, 0.29) is 36.3 Å². The van der Waals surface area contributed by atoms with E-state index in [0.29, 0.717) is 24.1 Å². The van der Waals surface area contributed by atoms with Gasteiger partial charge in [0.05, 0.1) is 32.3 Å². The Labute approximate surface area is 359 Å². The van der Waals surface area contributed by atoms with Crippen LogP contribution >= 0.6 is 57.1 Å². The van der Waals surface area contributed by atoms with Gasteiger partial charge in [0.2, 0.25) is 0 Å². The van der Waals surface area contributed by atoms with Gasteiger partial charge in [-0.05, 0) is 26.7 Å². The third-order valence-corrected chi connectivity index (χ3v) is 13.9. The van der Waals surface area contributed by atoms with Gasteiger partial charge >= 0.3 is 31.8 Å². The van der Waals surface area contributed by atoms with Gasteiger partial charge in [-0.1, -0.05) is 36.7 Å². The number of hydrogen-bond donors (Lipinski definition) is 7. The van der Waals surface area contributed by atoms with Crippen molar-refractivity contribution in [3.8, 4) is 0 Å². The maximum atomic E-state index is 13.8. The molecule has 3 saturated heterocycles. The maximum absolute atomic E-state index is 13.8. The molecule has 11 atom stereocenters. The molecule has 7 heterocycles. The molecule has 25 nitrogen and oxygen atoms in total. The molecule has 4 aromatic heterocycles. The van der Waals surface area contributed by atoms with Gasteiger partial charge in [0, 0.05) is 36.4 Å². The Morgan fingerprint density at radius 1 is 0.754 bits per heavy atom. The van der Waals surface area contributed by atoms with Crippen LogP contribution in [0.3, 0.4) is 0 Å². The van der Waals surface area contributed by atoms with Crippen molar-refractivity contribution in [3.63, 3.8) is 0 Å². The molecule has 0 saturated carbocycles. The Bertz CT molecular complexity index is 2670. The van der Waals surface area contributed by atoms with E-state index in [9.17, 15) is 37.8 Å². The fourth-order valence-corrected chi connectivity index (χ4v) is 10.5. The average Bonchev–Trinajstić information content (AvgIpc) is 3.98. The van der Waals surface area contributed by atoms with Crippen molar-refractivity contribution >= 4 is 74.1 Å². The van der Waals surface area contributed by atoms with Crippen LogP contribution in [0.25, 0.3) is 11.2 Å². The predicted molar refractivity (Wildman–Crippen MR) is 222 cm³/mol. The molecule has 0 radical (unpaired) electrons. The molecular formula is C30H40N9O16P3S3. The van der Waals surface area contributed by atoms with Crippen molar-refractivity contribution < 1.29 is 55.4 Å². The number of aromatic amines is 2. The summed E-state index contributed by atoms with van der Waals surface area (Å²) in [5.41, 5.74) is 4.43. The maximum Gasteiger partial charge on any atom is 0.386 e. The monoisotopic (exact) mass is 971 g/mol. The molecule has 61 heavy (non-hydrogen) atoms. The largest absolute Gasteiger partial charge is 0.386 e. The Kier molecular flexibility index (Phi) is 13.8. The van der Waals surface area contributed by atoms with Crippen molar-refractivity contribution in [2.45, 2.75) is 88.7 Å². The van der Waals surface area contributed by atoms with Crippen LogP contribution in [0.1, 0.15) is 55.5 Å². The fraction of sp³-hybridized carbons (Fsp3) is 0.567. The third-order valence-electron chi connectivity index (χ3n) is 9.83. The minimum atomic E-state index is -4.42. The lowest BCUT2D eigenvalue weighted by Crippen LogP contribution is -2.33. The number of H-pyrrole nitrogens is 2. The number of anilines is 1. The second-order valence-corrected chi connectivity index (χ2v) is 22.7. The number of thiol groups is 3. The molecule has 4 aromatic rings. The smallest absolute Gasteiger partial charge is 0.382 e. The minimum Gasteiger partial charge on any atom is -0.382 e. The molecule has 0 bridgehead atoms. The predicted octanol–water partition coefficient (Wildman–Crippen LogP) is 2.30. The van der Waals surface area contributed by atoms with Gasteiger partial charge in [-0.25, -0.2) is 38.2 Å². The van der Waals surface area contributed by atoms with E-state index in [1.165, 1.54) is 41.1 Å². The average molecular weight is 972 g/mol. The number of fused-ring (bicyclic) bond motifs is 1. The van der Waals surface area contributed by atoms with Crippen LogP contribution in [-0.4, -0.2) is 93.9 Å². The Morgan fingerprint density at radius 2 is 1.28 bits per heavy atom. The van der Waals surface area contributed by atoms with Gasteiger partial charge in [0.25, 0.3) is 11.1 Å². The summed E-state index contributed by atoms with van der Waals surface area (Å²) in [6.07, 6.45) is -2.25. The zero-order valence-electron chi connectivity index (χ0n) is 31.9. The molecular weight excluding hydrogens is 932 g/mol. The van der Waals surface area contributed by atoms with E-state index in [4.69, 9.17) is 42.6 Å². The first-order valence-corrected chi connectivity index (χ1v) is 26.3. The normalized spacial score (nSPS) is 28.5. The number of ether oxygens (including phenoxy) is 3. The highest BCUT2D eigenvalue weighted by molar-refractivity contribution is 8.45. The van der Waals surface area contributed by atoms with Crippen LogP contribution in [0.5, 0.6) is 0 Å². The summed E-state index contributed by atoms with van der Waals surface area (Å²) in [4.78, 5) is 75.3. The van der Waals surface area contributed by atoms with Crippen LogP contribution in [-0.2, 0) is 50.5 Å². The number of aromatic nitrogens is 8. The highest BCUT2D eigenvalue weighted by Gasteiger charge is 2.46. The van der Waals surface area contributed by atoms with Crippen LogP contribution < -0.4 is 28.2 Å². The topological polar surface area (TPSA) is 325 Å². The van der Waals surface area contributed by atoms with Crippen molar-refractivity contribution in [2.75, 3.05) is 25.6 Å². The minimum absolute atomic E-state index is 0.0264. The first kappa shape index (κ1) is 46.1. The van der Waals surface area contributed by atoms with Crippen LogP contribution in [0.15, 0.2) is 44.2 Å². The Balaban J connectivity index is 1.05. The summed E-state index contributed by atoms with van der Waals surface area (Å²) in [7, 11) is 0. The molecule has 3 fully saturated rings. The second-order valence-electron chi connectivity index (χ2n) is 14.2. The molecule has 0 spiro atoms. The first-order chi connectivity index (χ1) is 28.6. The van der Waals surface area contributed by atoms with Gasteiger partial charge in [0.1, 0.15) is 54.9 Å². The zero-order valence-corrected chi connectivity index (χ0v) is 37.3. The summed E-state index contributed by atoms with van der Waals surface area (Å²) in [5.74, 6) is 0.103. The fourth-order valence-electron chi connectivity index (χ4n) is 6.88. The number of nitrogens with one attached hydrogen (secondary N) is 2. The number of nitrogens with two attached hydrogens (primary N) is 1. The molecule has 0 aromatic carbocycles. The van der Waals surface area contributed by atoms with Gasteiger partial charge in [-0.3, -0.25) is 55.9 Å². The summed E-state index contributed by atoms with van der Waals surface area (Å²) < 4.78 is 89.2. The lowest BCUT2D eigenvalue weighted by Gasteiger charge is -2.25. The van der Waals surface area contributed by atoms with Crippen molar-refractivity contribution in [3.05, 3.63) is 77.9 Å². The molecule has 5 N–H and O–H groups in total. The molecule has 3 aliphatic heterocycles. The van der Waals surface area contributed by atoms with Gasteiger partial charge in [-0.15, -0.1) is 0 Å². The first-order valence-electron chi connectivity index (χ1n) is 18.2. The van der Waals surface area contributed by atoms with E-state index in [1.54, 1.807) is 6.92 Å². The molecule has 334 valence electrons. The number of rotatable bonds is 16. The number of imidazole rings is 1. The van der Waals surface area contributed by atoms with E-state index < -0.39 is 105 Å². The summed E-state index contributed by atoms with van der Waals surface area (Å²) in [6, 6.07) is 0. The van der Waals surface area contributed by atoms with Crippen molar-refractivity contribution in [2.24, 2.45) is 0 Å². The molecule has 3 unspecified atom stereocenters. The highest BCUT2D eigenvalue weighted by atomic mass is 32.7. The molecule has 0 amide bonds. The van der Waals surface area contributed by atoms with E-state index in [0.717, 1.165) is 4.57 Å². The second kappa shape index (κ2) is 18.3. The summed E-state index contributed by atoms with van der Waals surface area (Å²) >= 11 is 11.9. The number of nitrogens with zero attached hydrogens (tertiary/aromatic N) is 6. The van der Waals surface area contributed by atoms with Crippen molar-refractivity contribution in [1.82, 2.24) is 38.6 Å². The quantitative estimate of drug-likeness (QED) is 0.0626. The summed E-state index contributed by atoms with van der Waals surface area (Å²) in [6.45, 7) is -11.4. The zero-order chi connectivity index (χ0) is 44.0. The third kappa shape index (κ3) is 11.1. The van der Waals surface area contributed by atoms with Crippen LogP contribution in [0.4, 0.5) is 5.82 Å². The Morgan fingerprint density at radius 3 is 1.85 bits per heavy atom. The molecule has 3 aliphatic rings. The lowest BCUT2D eigenvalue weighted by molar-refractivity contribution is -0.0472. The highest BCUT2D eigenvalue weighted by Crippen LogP contribution is 2.59. The Hall–Kier alpha value is -2.91. The number of aryl methyl sites for hydroxylation is 2. The van der Waals surface area contributed by atoms with Gasteiger partial charge < -0.3 is 24.8 Å². The van der Waals surface area contributed by atoms with Gasteiger partial charge in [0.15, 0.2) is 11.5 Å². The molecule has 31 heteroatoms. The molecule has 7 rings (SSSR count). The van der Waals surface area contributed by atoms with Gasteiger partial charge in [-0.2, -0.15) is 0 Å². The lowest BCUT2D eigenvalue weighted by atomic mass is 10.2. The van der Waals surface area contributed by atoms with Crippen LogP contribution in [0.2, 0.25) is 0 Å². The van der Waals surface area contributed by atoms with E-state index >= 15 is 0 Å². The number of hydrogen-bond acceptors (Lipinski definition) is 19. The summed E-state index contributed by atoms with van der Waals surface area (Å²) in [5, 5.41) is 0. The SMILES string of the molecule is Cc1cn([C@H]2CC[C@@H](COP(=O)(S)O[C@H]3C[C@H](n4cnc5c(N)ncnc54)O[C@@H]3COP(=O)(S)O[C@H]3C[C@H](n4cc(C)c(=O)[nH]c4=O)O[C@@H]3COP(=O)(O)S)O2)c(=O)[nH]c1=O.